The van der Waals surface area contributed by atoms with Crippen LogP contribution in [0.2, 0.25) is 0 Å². The second kappa shape index (κ2) is 16.6. The van der Waals surface area contributed by atoms with Gasteiger partial charge in [-0.2, -0.15) is 0 Å². The molecule has 5 nitrogen and oxygen atoms in total. The predicted molar refractivity (Wildman–Crippen MR) is 136 cm³/mol. The van der Waals surface area contributed by atoms with E-state index in [0.29, 0.717) is 32.3 Å². The normalized spacial score (nSPS) is 23.6. The summed E-state index contributed by atoms with van der Waals surface area (Å²) in [4.78, 5) is 11.6. The number of carbonyl (C=O) groups is 1. The molecule has 190 valence electrons. The van der Waals surface area contributed by atoms with Gasteiger partial charge in [-0.15, -0.1) is 0 Å². The van der Waals surface area contributed by atoms with Crippen molar-refractivity contribution in [1.82, 2.24) is 0 Å². The van der Waals surface area contributed by atoms with Crippen LogP contribution in [0.3, 0.4) is 0 Å². The first-order valence-electron chi connectivity index (χ1n) is 13.1. The molecule has 1 saturated carbocycles. The quantitative estimate of drug-likeness (QED) is 0.176. The molecule has 1 aliphatic carbocycles. The zero-order chi connectivity index (χ0) is 24.6. The first kappa shape index (κ1) is 28.3. The van der Waals surface area contributed by atoms with Gasteiger partial charge in [0, 0.05) is 18.8 Å². The summed E-state index contributed by atoms with van der Waals surface area (Å²) in [7, 11) is 0. The van der Waals surface area contributed by atoms with E-state index in [2.05, 4.69) is 19.1 Å². The lowest BCUT2D eigenvalue weighted by Gasteiger charge is -2.19. The minimum Gasteiger partial charge on any atom is -0.466 e. The summed E-state index contributed by atoms with van der Waals surface area (Å²) >= 11 is 0. The Hall–Kier alpha value is -1.95. The third-order valence-corrected chi connectivity index (χ3v) is 6.62. The molecule has 34 heavy (non-hydrogen) atoms. The van der Waals surface area contributed by atoms with Crippen molar-refractivity contribution >= 4 is 5.97 Å². The lowest BCUT2D eigenvalue weighted by molar-refractivity contribution is -0.143. The lowest BCUT2D eigenvalue weighted by Crippen LogP contribution is -2.20. The number of aryl methyl sites for hydroxylation is 1. The number of rotatable bonds is 16. The van der Waals surface area contributed by atoms with Crippen LogP contribution < -0.4 is 0 Å². The van der Waals surface area contributed by atoms with Crippen LogP contribution in [0, 0.1) is 11.8 Å². The number of unbranched alkanes of at least 4 members (excludes halogenated alkanes) is 3. The molecule has 1 unspecified atom stereocenters. The molecule has 0 heterocycles. The minimum atomic E-state index is -0.590. The van der Waals surface area contributed by atoms with Gasteiger partial charge in [-0.05, 0) is 56.4 Å². The summed E-state index contributed by atoms with van der Waals surface area (Å²) in [5.74, 6) is -0.362. The molecule has 0 radical (unpaired) electrons. The van der Waals surface area contributed by atoms with Gasteiger partial charge in [0.15, 0.2) is 0 Å². The van der Waals surface area contributed by atoms with Crippen LogP contribution in [0.1, 0.15) is 76.7 Å². The third kappa shape index (κ3) is 11.0. The molecule has 1 aliphatic rings. The number of ether oxygens (including phenoxy) is 1. The fraction of sp³-hybridized carbons (Fsp3) is 0.621. The molecule has 0 amide bonds. The van der Waals surface area contributed by atoms with Crippen LogP contribution in [0.15, 0.2) is 54.6 Å². The van der Waals surface area contributed by atoms with Crippen molar-refractivity contribution in [3.63, 3.8) is 0 Å². The Morgan fingerprint density at radius 2 is 1.88 bits per heavy atom. The van der Waals surface area contributed by atoms with Crippen molar-refractivity contribution in [2.45, 2.75) is 95.9 Å². The second-order valence-electron chi connectivity index (χ2n) is 9.47. The van der Waals surface area contributed by atoms with Crippen LogP contribution in [0.4, 0.5) is 0 Å². The Kier molecular flexibility index (Phi) is 13.8. The Morgan fingerprint density at radius 1 is 1.09 bits per heavy atom. The second-order valence-corrected chi connectivity index (χ2v) is 9.47. The van der Waals surface area contributed by atoms with E-state index in [1.54, 1.807) is 6.08 Å². The number of benzene rings is 1. The summed E-state index contributed by atoms with van der Waals surface area (Å²) in [6.45, 7) is 2.57. The molecule has 2 rings (SSSR count). The van der Waals surface area contributed by atoms with Crippen molar-refractivity contribution in [1.29, 1.82) is 0 Å². The van der Waals surface area contributed by atoms with Crippen LogP contribution in [-0.2, 0) is 16.0 Å². The van der Waals surface area contributed by atoms with Crippen molar-refractivity contribution in [2.24, 2.45) is 11.8 Å². The zero-order valence-corrected chi connectivity index (χ0v) is 20.7. The average Bonchev–Trinajstić information content (AvgIpc) is 3.10. The lowest BCUT2D eigenvalue weighted by atomic mass is 9.89. The molecule has 0 spiro atoms. The maximum atomic E-state index is 11.6. The van der Waals surface area contributed by atoms with Crippen molar-refractivity contribution in [3.05, 3.63) is 60.2 Å². The Bertz CT molecular complexity index is 729. The highest BCUT2D eigenvalue weighted by atomic mass is 16.5. The molecular formula is C29H44O5. The number of carbonyl (C=O) groups excluding carboxylic acids is 1. The maximum absolute atomic E-state index is 11.6. The minimum absolute atomic E-state index is 0.0632. The number of esters is 1. The van der Waals surface area contributed by atoms with E-state index in [1.165, 1.54) is 5.56 Å². The van der Waals surface area contributed by atoms with Gasteiger partial charge in [0.2, 0.25) is 0 Å². The Labute approximate surface area is 205 Å². The first-order valence-corrected chi connectivity index (χ1v) is 13.1. The van der Waals surface area contributed by atoms with Gasteiger partial charge < -0.3 is 20.1 Å². The summed E-state index contributed by atoms with van der Waals surface area (Å²) in [5.41, 5.74) is 1.32. The summed E-state index contributed by atoms with van der Waals surface area (Å²) < 4.78 is 5.16. The van der Waals surface area contributed by atoms with Crippen LogP contribution in [0.5, 0.6) is 0 Å². The molecule has 5 atom stereocenters. The molecule has 0 bridgehead atoms. The number of hydrogen-bond donors (Lipinski definition) is 3. The van der Waals surface area contributed by atoms with Crippen molar-refractivity contribution in [3.8, 4) is 0 Å². The van der Waals surface area contributed by atoms with Crippen molar-refractivity contribution < 1.29 is 24.9 Å². The monoisotopic (exact) mass is 472 g/mol. The summed E-state index contributed by atoms with van der Waals surface area (Å²) in [6, 6.07) is 10.4. The highest BCUT2D eigenvalue weighted by Crippen LogP contribution is 2.36. The zero-order valence-electron chi connectivity index (χ0n) is 20.7. The van der Waals surface area contributed by atoms with Crippen LogP contribution in [-0.4, -0.2) is 46.2 Å². The number of aliphatic hydroxyl groups is 3. The SMILES string of the molecule is CCCCOC(=O)CCCC=CC[C@@H]1C(C=C[C@@H](O)CCCCc2ccccc2)[C@H](O)C[C@@H]1O. The van der Waals surface area contributed by atoms with Gasteiger partial charge in [0.05, 0.1) is 24.9 Å². The maximum Gasteiger partial charge on any atom is 0.305 e. The number of allylic oxidation sites excluding steroid dienone is 2. The topological polar surface area (TPSA) is 87.0 Å². The van der Waals surface area contributed by atoms with E-state index in [1.807, 2.05) is 36.4 Å². The molecule has 1 aromatic rings. The van der Waals surface area contributed by atoms with Crippen molar-refractivity contribution in [2.75, 3.05) is 6.61 Å². The van der Waals surface area contributed by atoms with E-state index >= 15 is 0 Å². The fourth-order valence-corrected chi connectivity index (χ4v) is 4.52. The molecule has 0 aromatic heterocycles. The van der Waals surface area contributed by atoms with Crippen LogP contribution in [0.25, 0.3) is 0 Å². The third-order valence-electron chi connectivity index (χ3n) is 6.62. The average molecular weight is 473 g/mol. The first-order chi connectivity index (χ1) is 16.5. The molecule has 1 fully saturated rings. The number of hydrogen-bond acceptors (Lipinski definition) is 5. The Morgan fingerprint density at radius 3 is 2.65 bits per heavy atom. The highest BCUT2D eigenvalue weighted by molar-refractivity contribution is 5.69. The fourth-order valence-electron chi connectivity index (χ4n) is 4.52. The summed E-state index contributed by atoms with van der Waals surface area (Å²) in [6.07, 6.45) is 14.7. The van der Waals surface area contributed by atoms with Crippen LogP contribution >= 0.6 is 0 Å². The van der Waals surface area contributed by atoms with E-state index in [4.69, 9.17) is 4.74 Å². The summed E-state index contributed by atoms with van der Waals surface area (Å²) in [5, 5.41) is 31.2. The standard InChI is InChI=1S/C29H44O5/c1-2-3-21-34-29(33)18-10-5-4-9-17-25-26(28(32)22-27(25)31)20-19-24(30)16-12-11-15-23-13-7-6-8-14-23/h4,6-9,13-14,19-20,24-28,30-32H,2-3,5,10-12,15-18,21-22H2,1H3/t24-,25+,26?,27-,28+/m0/s1. The molecule has 1 aromatic carbocycles. The van der Waals surface area contributed by atoms with Gasteiger partial charge in [-0.25, -0.2) is 0 Å². The highest BCUT2D eigenvalue weighted by Gasteiger charge is 2.39. The predicted octanol–water partition coefficient (Wildman–Crippen LogP) is 5.13. The molecule has 3 N–H and O–H groups in total. The Balaban J connectivity index is 1.68. The van der Waals surface area contributed by atoms with E-state index in [9.17, 15) is 20.1 Å². The molecule has 5 heteroatoms. The van der Waals surface area contributed by atoms with Gasteiger partial charge in [-0.3, -0.25) is 4.79 Å². The van der Waals surface area contributed by atoms with E-state index in [0.717, 1.165) is 44.9 Å². The molecular weight excluding hydrogens is 428 g/mol. The van der Waals surface area contributed by atoms with E-state index in [-0.39, 0.29) is 17.8 Å². The molecule has 0 aliphatic heterocycles. The largest absolute Gasteiger partial charge is 0.466 e. The van der Waals surface area contributed by atoms with Gasteiger partial charge in [-0.1, -0.05) is 74.4 Å². The van der Waals surface area contributed by atoms with Gasteiger partial charge >= 0.3 is 5.97 Å². The smallest absolute Gasteiger partial charge is 0.305 e. The van der Waals surface area contributed by atoms with E-state index < -0.39 is 18.3 Å². The molecule has 0 saturated heterocycles. The van der Waals surface area contributed by atoms with Gasteiger partial charge in [0.25, 0.3) is 0 Å². The number of aliphatic hydroxyl groups excluding tert-OH is 3. The van der Waals surface area contributed by atoms with Gasteiger partial charge in [0.1, 0.15) is 0 Å².